The van der Waals surface area contributed by atoms with Gasteiger partial charge in [0.1, 0.15) is 17.6 Å². The molecule has 4 aliphatic rings. The highest BCUT2D eigenvalue weighted by Crippen LogP contribution is 2.66. The minimum absolute atomic E-state index is 0.0316. The van der Waals surface area contributed by atoms with Crippen LogP contribution in [0.15, 0.2) is 0 Å². The van der Waals surface area contributed by atoms with Gasteiger partial charge < -0.3 is 14.0 Å². The monoisotopic (exact) mass is 322 g/mol. The molecule has 0 radical (unpaired) electrons. The predicted molar refractivity (Wildman–Crippen MR) is 87.7 cm³/mol. The average molecular weight is 322 g/mol. The van der Waals surface area contributed by atoms with Crippen molar-refractivity contribution in [2.75, 3.05) is 27.2 Å². The third-order valence-electron chi connectivity index (χ3n) is 7.64. The van der Waals surface area contributed by atoms with Crippen molar-refractivity contribution in [3.63, 3.8) is 0 Å². The van der Waals surface area contributed by atoms with Gasteiger partial charge in [0.25, 0.3) is 0 Å². The predicted octanol–water partition coefficient (Wildman–Crippen LogP) is 2.61. The molecule has 2 heterocycles. The van der Waals surface area contributed by atoms with Crippen molar-refractivity contribution < 1.29 is 18.8 Å². The van der Waals surface area contributed by atoms with E-state index in [0.29, 0.717) is 17.8 Å². The van der Waals surface area contributed by atoms with Crippen LogP contribution in [-0.2, 0) is 14.3 Å². The number of carbonyl (C=O) groups excluding carboxylic acids is 1. The maximum Gasteiger partial charge on any atom is 0.315 e. The normalized spacial score (nSPS) is 51.5. The molecule has 2 saturated carbocycles. The van der Waals surface area contributed by atoms with Gasteiger partial charge in [-0.3, -0.25) is 4.79 Å². The topological polar surface area (TPSA) is 38.8 Å². The second-order valence-corrected chi connectivity index (χ2v) is 9.43. The number of nitrogens with zero attached hydrogens (tertiary/aromatic N) is 1. The molecule has 0 bridgehead atoms. The van der Waals surface area contributed by atoms with Crippen LogP contribution in [0.2, 0.25) is 0 Å². The van der Waals surface area contributed by atoms with Crippen LogP contribution in [-0.4, -0.2) is 54.9 Å². The van der Waals surface area contributed by atoms with Crippen molar-refractivity contribution >= 4 is 5.97 Å². The van der Waals surface area contributed by atoms with Crippen molar-refractivity contribution in [3.8, 4) is 0 Å². The summed E-state index contributed by atoms with van der Waals surface area (Å²) in [5.74, 6) is 1.58. The molecule has 4 heteroatoms. The maximum atomic E-state index is 12.9. The molecule has 0 aromatic carbocycles. The zero-order chi connectivity index (χ0) is 16.6. The Hall–Kier alpha value is -0.610. The SMILES string of the molecule is CC[N+](C)(C)CC1C(=O)O[C@@]23C1CC[C@@H](C)C2CC[C@@]1(C)O[C@@H]31. The minimum Gasteiger partial charge on any atom is -0.455 e. The van der Waals surface area contributed by atoms with Gasteiger partial charge in [0.05, 0.1) is 32.8 Å². The molecule has 23 heavy (non-hydrogen) atoms. The molecule has 0 aromatic rings. The Morgan fingerprint density at radius 2 is 1.96 bits per heavy atom. The summed E-state index contributed by atoms with van der Waals surface area (Å²) in [7, 11) is 4.44. The van der Waals surface area contributed by atoms with Crippen molar-refractivity contribution in [1.82, 2.24) is 0 Å². The van der Waals surface area contributed by atoms with E-state index in [9.17, 15) is 4.79 Å². The number of hydrogen-bond donors (Lipinski definition) is 0. The molecule has 4 fully saturated rings. The highest BCUT2D eigenvalue weighted by Gasteiger charge is 2.77. The van der Waals surface area contributed by atoms with E-state index in [1.54, 1.807) is 0 Å². The zero-order valence-corrected chi connectivity index (χ0v) is 15.3. The molecule has 130 valence electrons. The molecule has 0 N–H and O–H groups in total. The molecule has 1 spiro atoms. The molecule has 2 aliphatic carbocycles. The molecule has 0 aromatic heterocycles. The first-order valence-electron chi connectivity index (χ1n) is 9.46. The van der Waals surface area contributed by atoms with Crippen LogP contribution >= 0.6 is 0 Å². The van der Waals surface area contributed by atoms with Gasteiger partial charge in [0.2, 0.25) is 0 Å². The van der Waals surface area contributed by atoms with E-state index >= 15 is 0 Å². The summed E-state index contributed by atoms with van der Waals surface area (Å²) in [5, 5.41) is 0. The third-order valence-corrected chi connectivity index (χ3v) is 7.64. The Bertz CT molecular complexity index is 533. The molecule has 4 nitrogen and oxygen atoms in total. The lowest BCUT2D eigenvalue weighted by Gasteiger charge is -2.50. The highest BCUT2D eigenvalue weighted by atomic mass is 16.7. The van der Waals surface area contributed by atoms with Gasteiger partial charge in [-0.1, -0.05) is 6.92 Å². The second-order valence-electron chi connectivity index (χ2n) is 9.43. The van der Waals surface area contributed by atoms with Crippen molar-refractivity contribution in [1.29, 1.82) is 0 Å². The molecule has 0 amide bonds. The summed E-state index contributed by atoms with van der Waals surface area (Å²) in [6.45, 7) is 8.70. The zero-order valence-electron chi connectivity index (χ0n) is 15.3. The van der Waals surface area contributed by atoms with Crippen LogP contribution in [0.5, 0.6) is 0 Å². The van der Waals surface area contributed by atoms with E-state index in [-0.39, 0.29) is 29.2 Å². The van der Waals surface area contributed by atoms with Crippen LogP contribution < -0.4 is 0 Å². The van der Waals surface area contributed by atoms with E-state index in [0.717, 1.165) is 36.8 Å². The van der Waals surface area contributed by atoms with Gasteiger partial charge in [-0.2, -0.15) is 0 Å². The fraction of sp³-hybridized carbons (Fsp3) is 0.947. The van der Waals surface area contributed by atoms with Gasteiger partial charge in [0.15, 0.2) is 0 Å². The standard InChI is InChI=1S/C19H32NO3/c1-6-20(4,5)11-13-15-8-7-12(2)14-9-10-18(3)17(23-18)19(14,15)22-16(13)21/h12-15,17H,6-11H2,1-5H3/q+1/t12-,13?,14?,15?,17-,18-,19-/m1/s1. The summed E-state index contributed by atoms with van der Waals surface area (Å²) in [6, 6.07) is 0. The summed E-state index contributed by atoms with van der Waals surface area (Å²) >= 11 is 0. The van der Waals surface area contributed by atoms with E-state index in [2.05, 4.69) is 34.9 Å². The number of hydrogen-bond acceptors (Lipinski definition) is 3. The Labute approximate surface area is 140 Å². The van der Waals surface area contributed by atoms with Gasteiger partial charge in [0, 0.05) is 11.8 Å². The quantitative estimate of drug-likeness (QED) is 0.455. The summed E-state index contributed by atoms with van der Waals surface area (Å²) in [6.07, 6.45) is 4.77. The Morgan fingerprint density at radius 1 is 1.22 bits per heavy atom. The van der Waals surface area contributed by atoms with Crippen LogP contribution in [0.1, 0.15) is 46.5 Å². The van der Waals surface area contributed by atoms with Crippen LogP contribution in [0, 0.1) is 23.7 Å². The first-order chi connectivity index (χ1) is 10.7. The molecule has 3 unspecified atom stereocenters. The molecule has 7 atom stereocenters. The highest BCUT2D eigenvalue weighted by molar-refractivity contribution is 5.77. The minimum atomic E-state index is -0.319. The first kappa shape index (κ1) is 15.9. The van der Waals surface area contributed by atoms with E-state index in [1.165, 1.54) is 6.42 Å². The third kappa shape index (κ3) is 2.07. The fourth-order valence-corrected chi connectivity index (χ4v) is 5.92. The summed E-state index contributed by atoms with van der Waals surface area (Å²) in [5.41, 5.74) is -0.351. The number of fused-ring (bicyclic) bond motifs is 1. The number of quaternary nitrogens is 1. The molecule has 2 aliphatic heterocycles. The van der Waals surface area contributed by atoms with Gasteiger partial charge in [-0.05, 0) is 45.4 Å². The van der Waals surface area contributed by atoms with E-state index < -0.39 is 0 Å². The van der Waals surface area contributed by atoms with Crippen molar-refractivity contribution in [2.24, 2.45) is 23.7 Å². The van der Waals surface area contributed by atoms with Crippen LogP contribution in [0.3, 0.4) is 0 Å². The van der Waals surface area contributed by atoms with Crippen molar-refractivity contribution in [2.45, 2.75) is 63.8 Å². The van der Waals surface area contributed by atoms with Gasteiger partial charge in [-0.25, -0.2) is 0 Å². The average Bonchev–Trinajstić information content (AvgIpc) is 3.11. The number of epoxide rings is 1. The Balaban J connectivity index is 1.70. The smallest absolute Gasteiger partial charge is 0.315 e. The van der Waals surface area contributed by atoms with Gasteiger partial charge >= 0.3 is 5.97 Å². The number of rotatable bonds is 3. The molecular formula is C19H32NO3+. The lowest BCUT2D eigenvalue weighted by Crippen LogP contribution is -2.59. The summed E-state index contributed by atoms with van der Waals surface area (Å²) < 4.78 is 13.3. The Kier molecular flexibility index (Phi) is 3.26. The number of esters is 1. The maximum absolute atomic E-state index is 12.9. The lowest BCUT2D eigenvalue weighted by atomic mass is 9.55. The van der Waals surface area contributed by atoms with E-state index in [4.69, 9.17) is 9.47 Å². The van der Waals surface area contributed by atoms with E-state index in [1.807, 2.05) is 0 Å². The van der Waals surface area contributed by atoms with Crippen molar-refractivity contribution in [3.05, 3.63) is 0 Å². The first-order valence-corrected chi connectivity index (χ1v) is 9.46. The number of ether oxygens (including phenoxy) is 2. The number of carbonyl (C=O) groups is 1. The van der Waals surface area contributed by atoms with Crippen LogP contribution in [0.25, 0.3) is 0 Å². The molecule has 4 rings (SSSR count). The summed E-state index contributed by atoms with van der Waals surface area (Å²) in [4.78, 5) is 12.9. The fourth-order valence-electron chi connectivity index (χ4n) is 5.92. The Morgan fingerprint density at radius 3 is 2.65 bits per heavy atom. The largest absolute Gasteiger partial charge is 0.455 e. The molecule has 2 saturated heterocycles. The van der Waals surface area contributed by atoms with Gasteiger partial charge in [-0.15, -0.1) is 0 Å². The van der Waals surface area contributed by atoms with Crippen LogP contribution in [0.4, 0.5) is 0 Å². The molecular weight excluding hydrogens is 290 g/mol. The second kappa shape index (κ2) is 4.72. The lowest BCUT2D eigenvalue weighted by molar-refractivity contribution is -0.891.